The SMILES string of the molecule is NCCC(c1cccc(Cl)c1)c1ccc(Cl)c(Cl)c1. The third-order valence-electron chi connectivity index (χ3n) is 3.05. The van der Waals surface area contributed by atoms with Gasteiger partial charge in [0, 0.05) is 10.9 Å². The molecule has 0 aliphatic carbocycles. The Morgan fingerprint density at radius 1 is 0.895 bits per heavy atom. The Morgan fingerprint density at radius 2 is 1.63 bits per heavy atom. The van der Waals surface area contributed by atoms with Gasteiger partial charge in [-0.1, -0.05) is 53.0 Å². The van der Waals surface area contributed by atoms with Crippen LogP contribution < -0.4 is 5.73 Å². The smallest absolute Gasteiger partial charge is 0.0595 e. The second-order valence-electron chi connectivity index (χ2n) is 4.36. The van der Waals surface area contributed by atoms with Crippen LogP contribution in [0.4, 0.5) is 0 Å². The average molecular weight is 315 g/mol. The van der Waals surface area contributed by atoms with Crippen molar-refractivity contribution >= 4 is 34.8 Å². The standard InChI is InChI=1S/C15H14Cl3N/c16-12-3-1-2-10(8-12)13(6-7-19)11-4-5-14(17)15(18)9-11/h1-5,8-9,13H,6-7,19H2. The van der Waals surface area contributed by atoms with Crippen LogP contribution in [0.5, 0.6) is 0 Å². The van der Waals surface area contributed by atoms with E-state index in [4.69, 9.17) is 40.5 Å². The lowest BCUT2D eigenvalue weighted by Crippen LogP contribution is -2.09. The Balaban J connectivity index is 2.42. The second kappa shape index (κ2) is 6.62. The van der Waals surface area contributed by atoms with Gasteiger partial charge in [-0.25, -0.2) is 0 Å². The fraction of sp³-hybridized carbons (Fsp3) is 0.200. The third kappa shape index (κ3) is 3.64. The van der Waals surface area contributed by atoms with Gasteiger partial charge in [-0.3, -0.25) is 0 Å². The number of nitrogens with two attached hydrogens (primary N) is 1. The van der Waals surface area contributed by atoms with Gasteiger partial charge in [0.05, 0.1) is 10.0 Å². The van der Waals surface area contributed by atoms with Crippen molar-refractivity contribution in [1.82, 2.24) is 0 Å². The van der Waals surface area contributed by atoms with Gasteiger partial charge in [0.15, 0.2) is 0 Å². The monoisotopic (exact) mass is 313 g/mol. The van der Waals surface area contributed by atoms with Gasteiger partial charge in [0.25, 0.3) is 0 Å². The first-order valence-electron chi connectivity index (χ1n) is 6.02. The minimum Gasteiger partial charge on any atom is -0.330 e. The van der Waals surface area contributed by atoms with E-state index in [-0.39, 0.29) is 5.92 Å². The van der Waals surface area contributed by atoms with Crippen LogP contribution in [0.3, 0.4) is 0 Å². The van der Waals surface area contributed by atoms with Gasteiger partial charge < -0.3 is 5.73 Å². The molecule has 0 aromatic heterocycles. The van der Waals surface area contributed by atoms with Crippen LogP contribution in [0.2, 0.25) is 15.1 Å². The van der Waals surface area contributed by atoms with Crippen LogP contribution >= 0.6 is 34.8 Å². The molecule has 19 heavy (non-hydrogen) atoms. The Labute approximate surface area is 128 Å². The highest BCUT2D eigenvalue weighted by Gasteiger charge is 2.15. The zero-order valence-corrected chi connectivity index (χ0v) is 12.5. The van der Waals surface area contributed by atoms with Crippen molar-refractivity contribution in [2.24, 2.45) is 5.73 Å². The van der Waals surface area contributed by atoms with Crippen molar-refractivity contribution in [3.05, 3.63) is 68.7 Å². The highest BCUT2D eigenvalue weighted by molar-refractivity contribution is 6.42. The van der Waals surface area contributed by atoms with Crippen molar-refractivity contribution in [2.45, 2.75) is 12.3 Å². The molecule has 4 heteroatoms. The molecule has 1 nitrogen and oxygen atoms in total. The lowest BCUT2D eigenvalue weighted by atomic mass is 9.88. The maximum absolute atomic E-state index is 6.09. The molecular formula is C15H14Cl3N. The fourth-order valence-electron chi connectivity index (χ4n) is 2.14. The number of halogens is 3. The van der Waals surface area contributed by atoms with Crippen molar-refractivity contribution in [1.29, 1.82) is 0 Å². The van der Waals surface area contributed by atoms with E-state index in [1.165, 1.54) is 0 Å². The molecule has 1 unspecified atom stereocenters. The van der Waals surface area contributed by atoms with Crippen LogP contribution in [0.15, 0.2) is 42.5 Å². The van der Waals surface area contributed by atoms with Gasteiger partial charge in [-0.05, 0) is 48.4 Å². The minimum atomic E-state index is 0.179. The van der Waals surface area contributed by atoms with E-state index in [1.54, 1.807) is 0 Å². The molecule has 0 spiro atoms. The number of rotatable bonds is 4. The van der Waals surface area contributed by atoms with Crippen molar-refractivity contribution in [3.63, 3.8) is 0 Å². The van der Waals surface area contributed by atoms with E-state index in [1.807, 2.05) is 36.4 Å². The zero-order chi connectivity index (χ0) is 13.8. The maximum Gasteiger partial charge on any atom is 0.0595 e. The molecule has 0 radical (unpaired) electrons. The lowest BCUT2D eigenvalue weighted by Gasteiger charge is -2.18. The molecule has 0 saturated heterocycles. The lowest BCUT2D eigenvalue weighted by molar-refractivity contribution is 0.726. The molecule has 100 valence electrons. The molecule has 0 bridgehead atoms. The number of hydrogen-bond acceptors (Lipinski definition) is 1. The summed E-state index contributed by atoms with van der Waals surface area (Å²) in [7, 11) is 0. The largest absolute Gasteiger partial charge is 0.330 e. The molecule has 0 heterocycles. The van der Waals surface area contributed by atoms with E-state index in [0.717, 1.165) is 22.6 Å². The van der Waals surface area contributed by atoms with Gasteiger partial charge in [0.2, 0.25) is 0 Å². The van der Waals surface area contributed by atoms with E-state index in [0.29, 0.717) is 16.6 Å². The summed E-state index contributed by atoms with van der Waals surface area (Å²) in [5.74, 6) is 0.179. The van der Waals surface area contributed by atoms with Crippen molar-refractivity contribution in [3.8, 4) is 0 Å². The molecule has 0 amide bonds. The predicted molar refractivity (Wildman–Crippen MR) is 83.4 cm³/mol. The summed E-state index contributed by atoms with van der Waals surface area (Å²) in [6.45, 7) is 0.595. The normalized spacial score (nSPS) is 12.4. The molecular weight excluding hydrogens is 301 g/mol. The predicted octanol–water partition coefficient (Wildman–Crippen LogP) is 5.13. The fourth-order valence-corrected chi connectivity index (χ4v) is 2.65. The van der Waals surface area contributed by atoms with E-state index < -0.39 is 0 Å². The Kier molecular flexibility index (Phi) is 5.12. The Hall–Kier alpha value is -0.730. The molecule has 2 N–H and O–H groups in total. The quantitative estimate of drug-likeness (QED) is 0.832. The molecule has 2 aromatic carbocycles. The maximum atomic E-state index is 6.09. The average Bonchev–Trinajstić information content (AvgIpc) is 2.39. The van der Waals surface area contributed by atoms with Crippen LogP contribution in [0.25, 0.3) is 0 Å². The van der Waals surface area contributed by atoms with E-state index >= 15 is 0 Å². The van der Waals surface area contributed by atoms with Gasteiger partial charge >= 0.3 is 0 Å². The summed E-state index contributed by atoms with van der Waals surface area (Å²) in [6, 6.07) is 13.5. The minimum absolute atomic E-state index is 0.179. The highest BCUT2D eigenvalue weighted by Crippen LogP contribution is 2.33. The molecule has 0 aliphatic rings. The summed E-state index contributed by atoms with van der Waals surface area (Å²) in [5.41, 5.74) is 7.95. The van der Waals surface area contributed by atoms with Crippen molar-refractivity contribution < 1.29 is 0 Å². The molecule has 2 aromatic rings. The molecule has 1 atom stereocenters. The van der Waals surface area contributed by atoms with E-state index in [2.05, 4.69) is 6.07 Å². The topological polar surface area (TPSA) is 26.0 Å². The Morgan fingerprint density at radius 3 is 2.26 bits per heavy atom. The van der Waals surface area contributed by atoms with Gasteiger partial charge in [-0.2, -0.15) is 0 Å². The van der Waals surface area contributed by atoms with Gasteiger partial charge in [0.1, 0.15) is 0 Å². The molecule has 0 saturated carbocycles. The summed E-state index contributed by atoms with van der Waals surface area (Å²) in [4.78, 5) is 0. The molecule has 0 fully saturated rings. The third-order valence-corrected chi connectivity index (χ3v) is 4.03. The summed E-state index contributed by atoms with van der Waals surface area (Å²) >= 11 is 18.1. The van der Waals surface area contributed by atoms with Crippen LogP contribution in [-0.4, -0.2) is 6.54 Å². The first kappa shape index (κ1) is 14.7. The number of benzene rings is 2. The summed E-state index contributed by atoms with van der Waals surface area (Å²) in [6.07, 6.45) is 0.832. The summed E-state index contributed by atoms with van der Waals surface area (Å²) in [5, 5.41) is 1.84. The van der Waals surface area contributed by atoms with Gasteiger partial charge in [-0.15, -0.1) is 0 Å². The zero-order valence-electron chi connectivity index (χ0n) is 10.2. The van der Waals surface area contributed by atoms with E-state index in [9.17, 15) is 0 Å². The first-order chi connectivity index (χ1) is 9.11. The van der Waals surface area contributed by atoms with Crippen LogP contribution in [-0.2, 0) is 0 Å². The summed E-state index contributed by atoms with van der Waals surface area (Å²) < 4.78 is 0. The number of hydrogen-bond donors (Lipinski definition) is 1. The second-order valence-corrected chi connectivity index (χ2v) is 5.61. The molecule has 2 rings (SSSR count). The van der Waals surface area contributed by atoms with Crippen LogP contribution in [0.1, 0.15) is 23.5 Å². The van der Waals surface area contributed by atoms with Crippen molar-refractivity contribution in [2.75, 3.05) is 6.54 Å². The van der Waals surface area contributed by atoms with Crippen LogP contribution in [0, 0.1) is 0 Å². The molecule has 0 aliphatic heterocycles. The Bertz CT molecular complexity index is 569. The first-order valence-corrected chi connectivity index (χ1v) is 7.15. The highest BCUT2D eigenvalue weighted by atomic mass is 35.5.